The van der Waals surface area contributed by atoms with Crippen LogP contribution in [-0.2, 0) is 9.53 Å². The van der Waals surface area contributed by atoms with Crippen LogP contribution in [-0.4, -0.2) is 67.1 Å². The van der Waals surface area contributed by atoms with Gasteiger partial charge in [0.05, 0.1) is 10.3 Å². The van der Waals surface area contributed by atoms with Gasteiger partial charge in [0.1, 0.15) is 18.3 Å². The zero-order valence-corrected chi connectivity index (χ0v) is 13.5. The minimum absolute atomic E-state index is 0.135. The third kappa shape index (κ3) is 3.24. The van der Waals surface area contributed by atoms with Gasteiger partial charge in [0.25, 0.3) is 0 Å². The van der Waals surface area contributed by atoms with Gasteiger partial charge in [-0.3, -0.25) is 10.1 Å². The summed E-state index contributed by atoms with van der Waals surface area (Å²) >= 11 is 0. The molecule has 0 aromatic heterocycles. The molecular formula is C16H15NO10. The molecule has 11 nitrogen and oxygen atoms in total. The van der Waals surface area contributed by atoms with E-state index in [-0.39, 0.29) is 5.39 Å². The molecule has 3 rings (SSSR count). The highest BCUT2D eigenvalue weighted by molar-refractivity contribution is 5.95. The van der Waals surface area contributed by atoms with Gasteiger partial charge in [0, 0.05) is 0 Å². The standard InChI is InChI=1S/C16H15NO10/c18-10-8(5-6-3-1-2-4-7(6)9(10)17(24)25)26-16-13(21)11(19)12(20)14(27-16)15(22)23/h1-5,11-14,16,18-21H,(H,22,23)/t11-,12-,13+,14-,16+/m0/s1. The van der Waals surface area contributed by atoms with Crippen molar-refractivity contribution in [2.75, 3.05) is 0 Å². The molecule has 1 aliphatic heterocycles. The number of aliphatic hydroxyl groups is 3. The van der Waals surface area contributed by atoms with Crippen LogP contribution in [0, 0.1) is 10.1 Å². The lowest BCUT2D eigenvalue weighted by Crippen LogP contribution is -2.61. The summed E-state index contributed by atoms with van der Waals surface area (Å²) < 4.78 is 10.2. The number of hydrogen-bond donors (Lipinski definition) is 5. The molecule has 1 heterocycles. The maximum Gasteiger partial charge on any atom is 0.335 e. The number of aliphatic hydroxyl groups excluding tert-OH is 3. The molecule has 0 saturated carbocycles. The van der Waals surface area contributed by atoms with Gasteiger partial charge in [0.2, 0.25) is 12.0 Å². The van der Waals surface area contributed by atoms with Gasteiger partial charge in [0.15, 0.2) is 11.9 Å². The predicted molar refractivity (Wildman–Crippen MR) is 87.2 cm³/mol. The highest BCUT2D eigenvalue weighted by Crippen LogP contribution is 2.43. The fourth-order valence-corrected chi connectivity index (χ4v) is 2.84. The maximum absolute atomic E-state index is 11.3. The highest BCUT2D eigenvalue weighted by atomic mass is 16.7. The zero-order chi connectivity index (χ0) is 19.9. The Morgan fingerprint density at radius 1 is 1.15 bits per heavy atom. The smallest absolute Gasteiger partial charge is 0.335 e. The number of carboxylic acid groups (broad SMARTS) is 1. The quantitative estimate of drug-likeness (QED) is 0.349. The lowest BCUT2D eigenvalue weighted by molar-refractivity contribution is -0.384. The van der Waals surface area contributed by atoms with E-state index in [4.69, 9.17) is 14.6 Å². The maximum atomic E-state index is 11.3. The van der Waals surface area contributed by atoms with Crippen LogP contribution in [0.4, 0.5) is 5.69 Å². The molecule has 2 aromatic carbocycles. The molecule has 5 N–H and O–H groups in total. The topological polar surface area (TPSA) is 180 Å². The molecule has 0 bridgehead atoms. The second-order valence-corrected chi connectivity index (χ2v) is 5.90. The van der Waals surface area contributed by atoms with Crippen LogP contribution < -0.4 is 4.74 Å². The Morgan fingerprint density at radius 2 is 1.81 bits per heavy atom. The van der Waals surface area contributed by atoms with Gasteiger partial charge < -0.3 is 35.0 Å². The largest absolute Gasteiger partial charge is 0.499 e. The molecular weight excluding hydrogens is 366 g/mol. The number of nitrogens with zero attached hydrogens (tertiary/aromatic N) is 1. The number of nitro benzene ring substituents is 1. The normalized spacial score (nSPS) is 28.0. The second kappa shape index (κ2) is 6.96. The molecule has 11 heteroatoms. The average molecular weight is 381 g/mol. The van der Waals surface area contributed by atoms with Crippen LogP contribution in [0.1, 0.15) is 0 Å². The van der Waals surface area contributed by atoms with E-state index in [1.807, 2.05) is 0 Å². The number of rotatable bonds is 4. The number of aromatic hydroxyl groups is 1. The first-order valence-electron chi connectivity index (χ1n) is 7.70. The minimum atomic E-state index is -1.92. The lowest BCUT2D eigenvalue weighted by atomic mass is 9.99. The zero-order valence-electron chi connectivity index (χ0n) is 13.5. The van der Waals surface area contributed by atoms with Gasteiger partial charge in [-0.25, -0.2) is 4.79 Å². The van der Waals surface area contributed by atoms with E-state index in [9.17, 15) is 35.3 Å². The summed E-state index contributed by atoms with van der Waals surface area (Å²) in [5.41, 5.74) is -0.649. The molecule has 2 aromatic rings. The van der Waals surface area contributed by atoms with Crippen LogP contribution in [0.2, 0.25) is 0 Å². The minimum Gasteiger partial charge on any atom is -0.499 e. The number of ether oxygens (including phenoxy) is 2. The van der Waals surface area contributed by atoms with Gasteiger partial charge in [-0.2, -0.15) is 0 Å². The van der Waals surface area contributed by atoms with Crippen LogP contribution in [0.5, 0.6) is 11.5 Å². The van der Waals surface area contributed by atoms with Crippen molar-refractivity contribution in [3.63, 3.8) is 0 Å². The number of carboxylic acids is 1. The van der Waals surface area contributed by atoms with Gasteiger partial charge >= 0.3 is 11.7 Å². The van der Waals surface area contributed by atoms with E-state index in [2.05, 4.69) is 0 Å². The number of hydrogen-bond acceptors (Lipinski definition) is 9. The highest BCUT2D eigenvalue weighted by Gasteiger charge is 2.48. The van der Waals surface area contributed by atoms with Crippen molar-refractivity contribution in [1.82, 2.24) is 0 Å². The molecule has 0 unspecified atom stereocenters. The van der Waals surface area contributed by atoms with Crippen LogP contribution >= 0.6 is 0 Å². The molecule has 0 spiro atoms. The Hall–Kier alpha value is -2.99. The first-order chi connectivity index (χ1) is 12.7. The van der Waals surface area contributed by atoms with E-state index in [1.54, 1.807) is 12.1 Å². The van der Waals surface area contributed by atoms with Crippen LogP contribution in [0.25, 0.3) is 10.8 Å². The van der Waals surface area contributed by atoms with E-state index in [1.165, 1.54) is 18.2 Å². The molecule has 144 valence electrons. The lowest BCUT2D eigenvalue weighted by Gasteiger charge is -2.38. The van der Waals surface area contributed by atoms with Crippen molar-refractivity contribution in [1.29, 1.82) is 0 Å². The van der Waals surface area contributed by atoms with Crippen molar-refractivity contribution in [2.45, 2.75) is 30.7 Å². The third-order valence-electron chi connectivity index (χ3n) is 4.20. The summed E-state index contributed by atoms with van der Waals surface area (Å²) in [6.07, 6.45) is -9.43. The SMILES string of the molecule is O=C(O)[C@H]1O[C@@H](Oc2cc3ccccc3c([N+](=O)[O-])c2O)[C@H](O)[C@@H](O)[C@@H]1O. The van der Waals surface area contributed by atoms with Crippen molar-refractivity contribution < 1.29 is 44.7 Å². The van der Waals surface area contributed by atoms with E-state index in [0.29, 0.717) is 5.39 Å². The number of benzene rings is 2. The fourth-order valence-electron chi connectivity index (χ4n) is 2.84. The van der Waals surface area contributed by atoms with Gasteiger partial charge in [-0.15, -0.1) is 0 Å². The summed E-state index contributed by atoms with van der Waals surface area (Å²) in [6.45, 7) is 0. The average Bonchev–Trinajstić information content (AvgIpc) is 2.62. The third-order valence-corrected chi connectivity index (χ3v) is 4.20. The van der Waals surface area contributed by atoms with Crippen molar-refractivity contribution >= 4 is 22.4 Å². The molecule has 0 radical (unpaired) electrons. The molecule has 0 amide bonds. The van der Waals surface area contributed by atoms with E-state index >= 15 is 0 Å². The van der Waals surface area contributed by atoms with Crippen molar-refractivity contribution in [2.24, 2.45) is 0 Å². The molecule has 0 aliphatic carbocycles. The molecule has 1 fully saturated rings. The number of nitro groups is 1. The fraction of sp³-hybridized carbons (Fsp3) is 0.312. The second-order valence-electron chi connectivity index (χ2n) is 5.90. The van der Waals surface area contributed by atoms with E-state index in [0.717, 1.165) is 0 Å². The Kier molecular flexibility index (Phi) is 4.85. The molecule has 1 saturated heterocycles. The summed E-state index contributed by atoms with van der Waals surface area (Å²) in [5.74, 6) is -2.94. The predicted octanol–water partition coefficient (Wildman–Crippen LogP) is -0.275. The Labute approximate surface area is 150 Å². The number of phenolic OH excluding ortho intramolecular Hbond substituents is 1. The number of aliphatic carboxylic acids is 1. The Bertz CT molecular complexity index is 900. The number of phenols is 1. The first-order valence-corrected chi connectivity index (χ1v) is 7.70. The molecule has 27 heavy (non-hydrogen) atoms. The molecule has 1 aliphatic rings. The first kappa shape index (κ1) is 18.8. The van der Waals surface area contributed by atoms with E-state index < -0.39 is 58.8 Å². The summed E-state index contributed by atoms with van der Waals surface area (Å²) in [4.78, 5) is 21.6. The molecule has 5 atom stereocenters. The van der Waals surface area contributed by atoms with Crippen molar-refractivity contribution in [3.8, 4) is 11.5 Å². The monoisotopic (exact) mass is 381 g/mol. The summed E-state index contributed by atoms with van der Waals surface area (Å²) in [5, 5.41) is 60.5. The Balaban J connectivity index is 2.02. The van der Waals surface area contributed by atoms with Gasteiger partial charge in [-0.1, -0.05) is 18.2 Å². The number of carbonyl (C=O) groups is 1. The van der Waals surface area contributed by atoms with Crippen LogP contribution in [0.3, 0.4) is 0 Å². The van der Waals surface area contributed by atoms with Gasteiger partial charge in [-0.05, 0) is 17.5 Å². The van der Waals surface area contributed by atoms with Crippen molar-refractivity contribution in [3.05, 3.63) is 40.4 Å². The number of fused-ring (bicyclic) bond motifs is 1. The van der Waals surface area contributed by atoms with Crippen LogP contribution in [0.15, 0.2) is 30.3 Å². The summed E-state index contributed by atoms with van der Waals surface area (Å²) in [6, 6.07) is 7.31. The summed E-state index contributed by atoms with van der Waals surface area (Å²) in [7, 11) is 0. The Morgan fingerprint density at radius 3 is 2.44 bits per heavy atom.